The van der Waals surface area contributed by atoms with E-state index in [-0.39, 0.29) is 23.8 Å². The summed E-state index contributed by atoms with van der Waals surface area (Å²) in [6.45, 7) is 8.66. The van der Waals surface area contributed by atoms with Crippen molar-refractivity contribution in [2.24, 2.45) is 22.7 Å². The molecule has 10 nitrogen and oxygen atoms in total. The molecule has 0 bridgehead atoms. The number of nitrogens with one attached hydrogen (secondary N) is 2. The van der Waals surface area contributed by atoms with Crippen LogP contribution < -0.4 is 10.6 Å². The lowest BCUT2D eigenvalue weighted by molar-refractivity contribution is -0.176. The second-order valence-corrected chi connectivity index (χ2v) is 12.1. The second-order valence-electron chi connectivity index (χ2n) is 12.1. The van der Waals surface area contributed by atoms with Gasteiger partial charge >= 0.3 is 12.1 Å². The molecule has 1 saturated carbocycles. The van der Waals surface area contributed by atoms with E-state index in [9.17, 15) is 32.8 Å². The van der Waals surface area contributed by atoms with Gasteiger partial charge < -0.3 is 20.0 Å². The third-order valence-corrected chi connectivity index (χ3v) is 8.26. The highest BCUT2D eigenvalue weighted by molar-refractivity contribution is 5.96. The zero-order valence-corrected chi connectivity index (χ0v) is 22.5. The Morgan fingerprint density at radius 2 is 1.90 bits per heavy atom. The summed E-state index contributed by atoms with van der Waals surface area (Å²) in [7, 11) is 0. The quantitative estimate of drug-likeness (QED) is 0.494. The summed E-state index contributed by atoms with van der Waals surface area (Å²) in [5, 5.41) is 19.6. The number of likely N-dealkylation sites (tertiary alicyclic amines) is 1. The molecule has 1 aliphatic carbocycles. The van der Waals surface area contributed by atoms with Gasteiger partial charge in [0.05, 0.1) is 18.5 Å². The van der Waals surface area contributed by atoms with Gasteiger partial charge in [-0.3, -0.25) is 14.4 Å². The number of rotatable bonds is 5. The van der Waals surface area contributed by atoms with Crippen molar-refractivity contribution in [1.29, 1.82) is 5.26 Å². The highest BCUT2D eigenvalue weighted by Crippen LogP contribution is 2.65. The highest BCUT2D eigenvalue weighted by atomic mass is 19.4. The van der Waals surface area contributed by atoms with Crippen molar-refractivity contribution < 1.29 is 32.0 Å². The maximum Gasteiger partial charge on any atom is 0.471 e. The number of aromatic nitrogens is 2. The molecule has 13 heteroatoms. The fourth-order valence-electron chi connectivity index (χ4n) is 5.98. The van der Waals surface area contributed by atoms with Gasteiger partial charge in [-0.05, 0) is 34.8 Å². The average molecular weight is 559 g/mol. The third kappa shape index (κ3) is 4.35. The van der Waals surface area contributed by atoms with Gasteiger partial charge in [-0.2, -0.15) is 23.5 Å². The molecule has 4 heterocycles. The first kappa shape index (κ1) is 27.5. The summed E-state index contributed by atoms with van der Waals surface area (Å²) < 4.78 is 46.3. The summed E-state index contributed by atoms with van der Waals surface area (Å²) in [6.07, 6.45) is -0.524. The van der Waals surface area contributed by atoms with Gasteiger partial charge in [-0.1, -0.05) is 34.6 Å². The van der Waals surface area contributed by atoms with Crippen molar-refractivity contribution in [3.8, 4) is 6.07 Å². The van der Waals surface area contributed by atoms with Crippen LogP contribution in [0.1, 0.15) is 46.2 Å². The fraction of sp³-hybridized carbons (Fsp3) is 0.519. The van der Waals surface area contributed by atoms with Gasteiger partial charge in [-0.25, -0.2) is 4.52 Å². The molecule has 1 aliphatic heterocycles. The smallest absolute Gasteiger partial charge is 0.462 e. The van der Waals surface area contributed by atoms with Crippen LogP contribution in [0.3, 0.4) is 0 Å². The third-order valence-electron chi connectivity index (χ3n) is 8.26. The summed E-state index contributed by atoms with van der Waals surface area (Å²) in [6, 6.07) is 1.91. The highest BCUT2D eigenvalue weighted by Gasteiger charge is 2.70. The lowest BCUT2D eigenvalue weighted by atomic mass is 9.85. The number of hydrogen-bond donors (Lipinski definition) is 2. The molecule has 3 aromatic heterocycles. The zero-order chi connectivity index (χ0) is 29.4. The second kappa shape index (κ2) is 8.97. The number of nitrogens with zero attached hydrogens (tertiary/aromatic N) is 4. The number of furan rings is 1. The molecular formula is C27H29F3N6O4. The molecule has 5 atom stereocenters. The fourth-order valence-corrected chi connectivity index (χ4v) is 5.98. The van der Waals surface area contributed by atoms with E-state index in [0.29, 0.717) is 16.7 Å². The van der Waals surface area contributed by atoms with Crippen LogP contribution in [-0.4, -0.2) is 57.0 Å². The van der Waals surface area contributed by atoms with Crippen LogP contribution in [0.4, 0.5) is 13.2 Å². The predicted molar refractivity (Wildman–Crippen MR) is 135 cm³/mol. The molecule has 3 aromatic rings. The average Bonchev–Trinajstić information content (AvgIpc) is 3.40. The predicted octanol–water partition coefficient (Wildman–Crippen LogP) is 3.34. The van der Waals surface area contributed by atoms with Gasteiger partial charge in [0, 0.05) is 23.7 Å². The number of nitriles is 1. The van der Waals surface area contributed by atoms with Crippen molar-refractivity contribution in [2.45, 2.75) is 58.9 Å². The van der Waals surface area contributed by atoms with Crippen LogP contribution in [-0.2, 0) is 14.4 Å². The van der Waals surface area contributed by atoms with Crippen LogP contribution in [0.15, 0.2) is 35.2 Å². The maximum atomic E-state index is 13.8. The first-order chi connectivity index (χ1) is 18.6. The molecule has 1 unspecified atom stereocenters. The van der Waals surface area contributed by atoms with E-state index in [4.69, 9.17) is 4.42 Å². The minimum absolute atomic E-state index is 0.0635. The van der Waals surface area contributed by atoms with Gasteiger partial charge in [0.25, 0.3) is 0 Å². The Morgan fingerprint density at radius 3 is 2.52 bits per heavy atom. The molecule has 212 valence electrons. The Morgan fingerprint density at radius 1 is 1.20 bits per heavy atom. The zero-order valence-electron chi connectivity index (χ0n) is 22.5. The molecule has 40 heavy (non-hydrogen) atoms. The number of pyridine rings is 1. The van der Waals surface area contributed by atoms with Crippen molar-refractivity contribution in [1.82, 2.24) is 25.1 Å². The summed E-state index contributed by atoms with van der Waals surface area (Å²) >= 11 is 0. The van der Waals surface area contributed by atoms with E-state index in [2.05, 4.69) is 16.5 Å². The summed E-state index contributed by atoms with van der Waals surface area (Å²) in [5.41, 5.74) is 0.00371. The molecule has 3 amide bonds. The molecule has 0 aromatic carbocycles. The number of halogens is 3. The lowest BCUT2D eigenvalue weighted by Gasteiger charge is -2.37. The maximum absolute atomic E-state index is 13.8. The lowest BCUT2D eigenvalue weighted by Crippen LogP contribution is -2.60. The molecule has 1 saturated heterocycles. The van der Waals surface area contributed by atoms with Crippen LogP contribution >= 0.6 is 0 Å². The van der Waals surface area contributed by atoms with E-state index >= 15 is 0 Å². The van der Waals surface area contributed by atoms with Gasteiger partial charge in [0.1, 0.15) is 23.6 Å². The number of carbonyl (C=O) groups is 3. The van der Waals surface area contributed by atoms with Crippen molar-refractivity contribution in [3.05, 3.63) is 36.4 Å². The van der Waals surface area contributed by atoms with Crippen LogP contribution in [0, 0.1) is 34.0 Å². The number of hydrogen-bond acceptors (Lipinski definition) is 6. The van der Waals surface area contributed by atoms with Gasteiger partial charge in [0.2, 0.25) is 11.8 Å². The number of alkyl halides is 3. The molecule has 0 spiro atoms. The van der Waals surface area contributed by atoms with Gasteiger partial charge in [0.15, 0.2) is 5.58 Å². The molecule has 2 N–H and O–H groups in total. The number of fused-ring (bicyclic) bond motifs is 4. The van der Waals surface area contributed by atoms with Crippen LogP contribution in [0.2, 0.25) is 0 Å². The van der Waals surface area contributed by atoms with Crippen molar-refractivity contribution in [2.75, 3.05) is 6.54 Å². The van der Waals surface area contributed by atoms with Gasteiger partial charge in [-0.15, -0.1) is 0 Å². The normalized spacial score (nSPS) is 23.4. The standard InChI is InChI=1S/C27H29F3N6O4/c1-25(2,3)21(34-24(39)27(28,29)30)23(38)35-12-15-17(26(15,4)5)19(35)22(37)33-16(10-31)14-11-32-36-8-6-13-7-9-40-20(13)18(14)36/h6-9,11,15-17,19,21H,12H2,1-5H3,(H,33,37)(H,34,39)/t15-,16?,17-,19-,21+/m0/s1. The minimum atomic E-state index is -5.18. The van der Waals surface area contributed by atoms with E-state index < -0.39 is 47.4 Å². The SMILES string of the molecule is CC(C)(C)[C@H](NC(=O)C(F)(F)F)C(=O)N1C[C@H]2[C@@H]([C@H]1C(=O)NC(C#N)c1cnn3ccc4ccoc4c13)C2(C)C. The summed E-state index contributed by atoms with van der Waals surface area (Å²) in [4.78, 5) is 40.5. The number of piperidine rings is 1. The Balaban J connectivity index is 1.45. The Kier molecular flexibility index (Phi) is 6.16. The van der Waals surface area contributed by atoms with E-state index in [1.807, 2.05) is 19.2 Å². The number of amides is 3. The Hall–Kier alpha value is -4.08. The topological polar surface area (TPSA) is 133 Å². The van der Waals surface area contributed by atoms with Crippen LogP contribution in [0.5, 0.6) is 0 Å². The number of carbonyl (C=O) groups excluding carboxylic acids is 3. The molecule has 2 aliphatic rings. The van der Waals surface area contributed by atoms with Crippen molar-refractivity contribution in [3.63, 3.8) is 0 Å². The largest absolute Gasteiger partial charge is 0.471 e. The first-order valence-corrected chi connectivity index (χ1v) is 12.8. The van der Waals surface area contributed by atoms with Crippen molar-refractivity contribution >= 4 is 34.2 Å². The molecule has 5 rings (SSSR count). The molecular weight excluding hydrogens is 529 g/mol. The Labute approximate surface area is 227 Å². The monoisotopic (exact) mass is 558 g/mol. The minimum Gasteiger partial charge on any atom is -0.462 e. The van der Waals surface area contributed by atoms with E-state index in [1.54, 1.807) is 18.3 Å². The Bertz CT molecular complexity index is 1560. The van der Waals surface area contributed by atoms with E-state index in [0.717, 1.165) is 5.39 Å². The van der Waals surface area contributed by atoms with Crippen LogP contribution in [0.25, 0.3) is 16.5 Å². The first-order valence-electron chi connectivity index (χ1n) is 12.8. The summed E-state index contributed by atoms with van der Waals surface area (Å²) in [5.74, 6) is -3.95. The van der Waals surface area contributed by atoms with E-state index in [1.165, 1.54) is 42.6 Å². The molecule has 0 radical (unpaired) electrons. The molecule has 2 fully saturated rings.